The number of aromatic amines is 3. The van der Waals surface area contributed by atoms with Crippen LogP contribution < -0.4 is 11.3 Å². The molecular weight excluding hydrogens is 180 g/mol. The second-order valence-corrected chi connectivity index (χ2v) is 3.07. The molecule has 0 atom stereocenters. The molecule has 0 aromatic carbocycles. The van der Waals surface area contributed by atoms with E-state index in [2.05, 4.69) is 15.2 Å². The van der Waals surface area contributed by atoms with Gasteiger partial charge in [-0.25, -0.2) is 0 Å². The van der Waals surface area contributed by atoms with Gasteiger partial charge in [0, 0.05) is 23.5 Å². The van der Waals surface area contributed by atoms with Crippen molar-refractivity contribution in [2.24, 2.45) is 5.73 Å². The largest absolute Gasteiger partial charge is 0.367 e. The molecule has 0 aliphatic carbocycles. The van der Waals surface area contributed by atoms with Crippen LogP contribution in [0.3, 0.4) is 0 Å². The van der Waals surface area contributed by atoms with E-state index in [1.54, 1.807) is 0 Å². The zero-order chi connectivity index (χ0) is 9.97. The van der Waals surface area contributed by atoms with E-state index in [-0.39, 0.29) is 5.56 Å². The molecule has 2 aromatic heterocycles. The lowest BCUT2D eigenvalue weighted by molar-refractivity contribution is 0.960. The molecule has 0 aliphatic rings. The normalized spacial score (nSPS) is 10.6. The summed E-state index contributed by atoms with van der Waals surface area (Å²) in [6, 6.07) is 1.90. The van der Waals surface area contributed by atoms with Gasteiger partial charge in [0.25, 0.3) is 5.56 Å². The molecule has 2 rings (SSSR count). The number of H-pyrrole nitrogens is 3. The van der Waals surface area contributed by atoms with Crippen LogP contribution in [0.5, 0.6) is 0 Å². The van der Waals surface area contributed by atoms with Crippen LogP contribution >= 0.6 is 0 Å². The minimum atomic E-state index is -0.0911. The fourth-order valence-corrected chi connectivity index (χ4v) is 1.49. The van der Waals surface area contributed by atoms with Crippen LogP contribution in [-0.2, 0) is 6.42 Å². The van der Waals surface area contributed by atoms with Crippen molar-refractivity contribution in [3.8, 4) is 11.3 Å². The van der Waals surface area contributed by atoms with E-state index in [0.717, 1.165) is 11.3 Å². The Bertz CT molecular complexity index is 451. The number of hydrogen-bond donors (Lipinski definition) is 4. The van der Waals surface area contributed by atoms with E-state index in [9.17, 15) is 4.79 Å². The lowest BCUT2D eigenvalue weighted by atomic mass is 10.1. The molecule has 0 saturated heterocycles. The van der Waals surface area contributed by atoms with Crippen molar-refractivity contribution < 1.29 is 0 Å². The molecule has 2 heterocycles. The molecule has 0 amide bonds. The molecule has 0 spiro atoms. The summed E-state index contributed by atoms with van der Waals surface area (Å²) in [5.41, 5.74) is 7.85. The molecular formula is C9H12N4O. The Morgan fingerprint density at radius 2 is 2.21 bits per heavy atom. The van der Waals surface area contributed by atoms with Crippen LogP contribution in [0.4, 0.5) is 0 Å². The van der Waals surface area contributed by atoms with Gasteiger partial charge in [0.15, 0.2) is 0 Å². The second kappa shape index (κ2) is 3.55. The van der Waals surface area contributed by atoms with E-state index in [0.29, 0.717) is 18.5 Å². The van der Waals surface area contributed by atoms with Crippen molar-refractivity contribution in [2.75, 3.05) is 6.54 Å². The summed E-state index contributed by atoms with van der Waals surface area (Å²) < 4.78 is 0. The summed E-state index contributed by atoms with van der Waals surface area (Å²) in [5.74, 6) is 0. The molecule has 5 N–H and O–H groups in total. The third-order valence-electron chi connectivity index (χ3n) is 2.16. The van der Waals surface area contributed by atoms with E-state index < -0.39 is 0 Å². The minimum absolute atomic E-state index is 0.0911. The van der Waals surface area contributed by atoms with Crippen molar-refractivity contribution in [3.63, 3.8) is 0 Å². The van der Waals surface area contributed by atoms with Gasteiger partial charge in [0.05, 0.1) is 5.69 Å². The average molecular weight is 192 g/mol. The first kappa shape index (κ1) is 8.83. The van der Waals surface area contributed by atoms with Gasteiger partial charge in [-0.3, -0.25) is 15.0 Å². The molecule has 0 aliphatic heterocycles. The summed E-state index contributed by atoms with van der Waals surface area (Å²) in [6.45, 7) is 0.471. The standard InChI is InChI=1S/C9H12N4O/c10-3-1-7-8(12-13-9(7)14)6-2-4-11-5-6/h2,4-5,11H,1,3,10H2,(H2,12,13,14). The van der Waals surface area contributed by atoms with Gasteiger partial charge < -0.3 is 10.7 Å². The quantitative estimate of drug-likeness (QED) is 0.559. The van der Waals surface area contributed by atoms with Crippen molar-refractivity contribution in [3.05, 3.63) is 34.4 Å². The molecule has 0 saturated carbocycles. The van der Waals surface area contributed by atoms with Gasteiger partial charge in [-0.2, -0.15) is 0 Å². The topological polar surface area (TPSA) is 90.5 Å². The van der Waals surface area contributed by atoms with Crippen molar-refractivity contribution in [1.29, 1.82) is 0 Å². The highest BCUT2D eigenvalue weighted by Crippen LogP contribution is 2.17. The Labute approximate surface area is 80.3 Å². The third-order valence-corrected chi connectivity index (χ3v) is 2.16. The molecule has 74 valence electrons. The molecule has 0 bridgehead atoms. The predicted octanol–water partition coefficient (Wildman–Crippen LogP) is 0.199. The lowest BCUT2D eigenvalue weighted by Crippen LogP contribution is -2.12. The van der Waals surface area contributed by atoms with Crippen molar-refractivity contribution in [2.45, 2.75) is 6.42 Å². The molecule has 5 heteroatoms. The molecule has 0 fully saturated rings. The predicted molar refractivity (Wildman–Crippen MR) is 54.0 cm³/mol. The Balaban J connectivity index is 2.48. The number of aromatic nitrogens is 3. The van der Waals surface area contributed by atoms with E-state index in [1.165, 1.54) is 0 Å². The summed E-state index contributed by atoms with van der Waals surface area (Å²) in [7, 11) is 0. The Morgan fingerprint density at radius 1 is 1.36 bits per heavy atom. The van der Waals surface area contributed by atoms with Gasteiger partial charge in [0.1, 0.15) is 0 Å². The molecule has 14 heavy (non-hydrogen) atoms. The summed E-state index contributed by atoms with van der Waals surface area (Å²) in [5, 5.41) is 5.41. The molecule has 0 radical (unpaired) electrons. The number of hydrogen-bond acceptors (Lipinski definition) is 2. The first-order valence-electron chi connectivity index (χ1n) is 4.45. The van der Waals surface area contributed by atoms with Crippen LogP contribution in [0.1, 0.15) is 5.56 Å². The van der Waals surface area contributed by atoms with E-state index in [1.807, 2.05) is 18.5 Å². The summed E-state index contributed by atoms with van der Waals surface area (Å²) in [4.78, 5) is 14.3. The highest BCUT2D eigenvalue weighted by atomic mass is 16.1. The van der Waals surface area contributed by atoms with Crippen LogP contribution in [0.15, 0.2) is 23.3 Å². The smallest absolute Gasteiger partial charge is 0.267 e. The Hall–Kier alpha value is -1.75. The first-order valence-corrected chi connectivity index (χ1v) is 4.45. The van der Waals surface area contributed by atoms with E-state index in [4.69, 9.17) is 5.73 Å². The highest BCUT2D eigenvalue weighted by Gasteiger charge is 2.10. The monoisotopic (exact) mass is 192 g/mol. The zero-order valence-corrected chi connectivity index (χ0v) is 7.63. The number of nitrogens with one attached hydrogen (secondary N) is 3. The fraction of sp³-hybridized carbons (Fsp3) is 0.222. The maximum absolute atomic E-state index is 11.4. The molecule has 5 nitrogen and oxygen atoms in total. The Kier molecular flexibility index (Phi) is 2.24. The van der Waals surface area contributed by atoms with Crippen LogP contribution in [-0.4, -0.2) is 21.7 Å². The highest BCUT2D eigenvalue weighted by molar-refractivity contribution is 5.61. The van der Waals surface area contributed by atoms with Crippen molar-refractivity contribution >= 4 is 0 Å². The summed E-state index contributed by atoms with van der Waals surface area (Å²) in [6.07, 6.45) is 4.23. The second-order valence-electron chi connectivity index (χ2n) is 3.07. The van der Waals surface area contributed by atoms with Crippen LogP contribution in [0, 0.1) is 0 Å². The van der Waals surface area contributed by atoms with Crippen LogP contribution in [0.2, 0.25) is 0 Å². The average Bonchev–Trinajstić information content (AvgIpc) is 2.77. The van der Waals surface area contributed by atoms with Crippen LogP contribution in [0.25, 0.3) is 11.3 Å². The zero-order valence-electron chi connectivity index (χ0n) is 7.63. The lowest BCUT2D eigenvalue weighted by Gasteiger charge is -1.96. The van der Waals surface area contributed by atoms with Gasteiger partial charge in [-0.15, -0.1) is 0 Å². The van der Waals surface area contributed by atoms with Gasteiger partial charge in [0.2, 0.25) is 0 Å². The van der Waals surface area contributed by atoms with Gasteiger partial charge in [-0.05, 0) is 19.0 Å². The van der Waals surface area contributed by atoms with Gasteiger partial charge in [-0.1, -0.05) is 0 Å². The molecule has 0 unspecified atom stereocenters. The minimum Gasteiger partial charge on any atom is -0.367 e. The van der Waals surface area contributed by atoms with Gasteiger partial charge >= 0.3 is 0 Å². The van der Waals surface area contributed by atoms with E-state index >= 15 is 0 Å². The first-order chi connectivity index (χ1) is 6.83. The third kappa shape index (κ3) is 1.38. The Morgan fingerprint density at radius 3 is 2.86 bits per heavy atom. The fourth-order valence-electron chi connectivity index (χ4n) is 1.49. The summed E-state index contributed by atoms with van der Waals surface area (Å²) >= 11 is 0. The SMILES string of the molecule is NCCc1c(-c2cc[nH]c2)[nH][nH]c1=O. The number of nitrogens with two attached hydrogens (primary N) is 1. The maximum atomic E-state index is 11.4. The maximum Gasteiger partial charge on any atom is 0.267 e. The molecule has 2 aromatic rings. The van der Waals surface area contributed by atoms with Crippen molar-refractivity contribution in [1.82, 2.24) is 15.2 Å². The number of rotatable bonds is 3.